The van der Waals surface area contributed by atoms with Gasteiger partial charge in [-0.25, -0.2) is 4.79 Å². The molecule has 0 atom stereocenters. The zero-order valence-corrected chi connectivity index (χ0v) is 17.0. The van der Waals surface area contributed by atoms with Crippen molar-refractivity contribution in [3.05, 3.63) is 29.8 Å². The van der Waals surface area contributed by atoms with E-state index in [1.165, 1.54) is 38.6 Å². The van der Waals surface area contributed by atoms with E-state index in [1.807, 2.05) is 31.3 Å². The summed E-state index contributed by atoms with van der Waals surface area (Å²) in [5.41, 5.74) is 1.11. The van der Waals surface area contributed by atoms with Gasteiger partial charge in [0.25, 0.3) is 0 Å². The zero-order valence-electron chi connectivity index (χ0n) is 17.0. The number of urea groups is 1. The molecule has 3 rings (SSSR count). The number of ether oxygens (including phenoxy) is 1. The number of benzene rings is 1. The van der Waals surface area contributed by atoms with Gasteiger partial charge in [-0.2, -0.15) is 0 Å². The molecule has 0 spiro atoms. The number of methoxy groups -OCH3 is 1. The molecule has 1 saturated carbocycles. The van der Waals surface area contributed by atoms with Crippen molar-refractivity contribution in [3.63, 3.8) is 0 Å². The Labute approximate surface area is 164 Å². The van der Waals surface area contributed by atoms with E-state index < -0.39 is 0 Å². The van der Waals surface area contributed by atoms with Gasteiger partial charge in [-0.3, -0.25) is 0 Å². The van der Waals surface area contributed by atoms with Crippen molar-refractivity contribution >= 4 is 6.03 Å². The maximum Gasteiger partial charge on any atom is 0.317 e. The highest BCUT2D eigenvalue weighted by atomic mass is 16.5. The van der Waals surface area contributed by atoms with Crippen molar-refractivity contribution < 1.29 is 9.53 Å². The summed E-state index contributed by atoms with van der Waals surface area (Å²) in [6.45, 7) is 4.10. The number of hydrogen-bond donors (Lipinski definition) is 1. The Morgan fingerprint density at radius 3 is 2.41 bits per heavy atom. The van der Waals surface area contributed by atoms with Crippen LogP contribution in [-0.2, 0) is 6.54 Å². The minimum Gasteiger partial charge on any atom is -0.497 e. The van der Waals surface area contributed by atoms with Crippen LogP contribution in [0, 0.1) is 5.92 Å². The molecule has 0 unspecified atom stereocenters. The van der Waals surface area contributed by atoms with E-state index in [2.05, 4.69) is 10.2 Å². The lowest BCUT2D eigenvalue weighted by Gasteiger charge is -2.36. The summed E-state index contributed by atoms with van der Waals surface area (Å²) >= 11 is 0. The average Bonchev–Trinajstić information content (AvgIpc) is 2.71. The molecule has 5 heteroatoms. The Hall–Kier alpha value is -1.75. The first-order valence-corrected chi connectivity index (χ1v) is 10.5. The molecule has 1 aliphatic heterocycles. The topological polar surface area (TPSA) is 44.8 Å². The van der Waals surface area contributed by atoms with Crippen molar-refractivity contribution in [2.75, 3.05) is 33.8 Å². The monoisotopic (exact) mass is 373 g/mol. The van der Waals surface area contributed by atoms with E-state index in [-0.39, 0.29) is 6.03 Å². The molecular weight excluding hydrogens is 338 g/mol. The molecular formula is C22H35N3O2. The Balaban J connectivity index is 1.37. The predicted molar refractivity (Wildman–Crippen MR) is 109 cm³/mol. The second-order valence-electron chi connectivity index (χ2n) is 8.23. The molecule has 1 heterocycles. The van der Waals surface area contributed by atoms with Crippen molar-refractivity contribution in [1.82, 2.24) is 15.1 Å². The van der Waals surface area contributed by atoms with Gasteiger partial charge in [0, 0.05) is 39.3 Å². The first kappa shape index (κ1) is 20.0. The zero-order chi connectivity index (χ0) is 19.1. The normalized spacial score (nSPS) is 19.6. The van der Waals surface area contributed by atoms with Gasteiger partial charge in [0.1, 0.15) is 5.75 Å². The standard InChI is InChI=1S/C22H35N3O2/c1-24(16-19-8-10-21(27-2)11-9-19)22(26)23-20-12-14-25(15-13-20)17-18-6-4-3-5-7-18/h8-11,18,20H,3-7,12-17H2,1-2H3,(H,23,26). The van der Waals surface area contributed by atoms with Crippen LogP contribution in [0.4, 0.5) is 4.79 Å². The van der Waals surface area contributed by atoms with E-state index >= 15 is 0 Å². The van der Waals surface area contributed by atoms with Crippen molar-refractivity contribution in [3.8, 4) is 5.75 Å². The second kappa shape index (κ2) is 9.98. The van der Waals surface area contributed by atoms with Crippen molar-refractivity contribution in [2.45, 2.75) is 57.5 Å². The molecule has 1 saturated heterocycles. The molecule has 0 aromatic heterocycles. The van der Waals surface area contributed by atoms with Gasteiger partial charge < -0.3 is 19.9 Å². The lowest BCUT2D eigenvalue weighted by molar-refractivity contribution is 0.150. The largest absolute Gasteiger partial charge is 0.497 e. The highest BCUT2D eigenvalue weighted by molar-refractivity contribution is 5.74. The van der Waals surface area contributed by atoms with Gasteiger partial charge in [0.15, 0.2) is 0 Å². The summed E-state index contributed by atoms with van der Waals surface area (Å²) in [6, 6.07) is 8.21. The SMILES string of the molecule is COc1ccc(CN(C)C(=O)NC2CCN(CC3CCCCC3)CC2)cc1. The predicted octanol–water partition coefficient (Wildman–Crippen LogP) is 3.88. The molecule has 1 N–H and O–H groups in total. The van der Waals surface area contributed by atoms with Gasteiger partial charge in [-0.15, -0.1) is 0 Å². The Morgan fingerprint density at radius 1 is 1.11 bits per heavy atom. The highest BCUT2D eigenvalue weighted by Gasteiger charge is 2.24. The molecule has 5 nitrogen and oxygen atoms in total. The van der Waals surface area contributed by atoms with Crippen LogP contribution in [0.1, 0.15) is 50.5 Å². The number of carbonyl (C=O) groups is 1. The van der Waals surface area contributed by atoms with Crippen LogP contribution in [0.15, 0.2) is 24.3 Å². The van der Waals surface area contributed by atoms with Crippen LogP contribution in [-0.4, -0.2) is 55.7 Å². The lowest BCUT2D eigenvalue weighted by Crippen LogP contribution is -2.48. The third kappa shape index (κ3) is 6.13. The summed E-state index contributed by atoms with van der Waals surface area (Å²) in [4.78, 5) is 16.9. The number of nitrogens with one attached hydrogen (secondary N) is 1. The van der Waals surface area contributed by atoms with Gasteiger partial charge in [-0.1, -0.05) is 31.4 Å². The molecule has 0 bridgehead atoms. The van der Waals surface area contributed by atoms with E-state index in [0.717, 1.165) is 43.2 Å². The van der Waals surface area contributed by atoms with Gasteiger partial charge in [0.05, 0.1) is 7.11 Å². The fourth-order valence-corrected chi connectivity index (χ4v) is 4.36. The van der Waals surface area contributed by atoms with Crippen LogP contribution in [0.2, 0.25) is 0 Å². The van der Waals surface area contributed by atoms with E-state index in [1.54, 1.807) is 12.0 Å². The average molecular weight is 374 g/mol. The third-order valence-corrected chi connectivity index (χ3v) is 6.08. The number of amides is 2. The molecule has 1 aromatic carbocycles. The quantitative estimate of drug-likeness (QED) is 0.823. The van der Waals surface area contributed by atoms with Crippen molar-refractivity contribution in [2.24, 2.45) is 5.92 Å². The Kier molecular flexibility index (Phi) is 7.39. The first-order chi connectivity index (χ1) is 13.1. The molecule has 2 aliphatic rings. The van der Waals surface area contributed by atoms with E-state index in [4.69, 9.17) is 4.74 Å². The van der Waals surface area contributed by atoms with E-state index in [0.29, 0.717) is 12.6 Å². The van der Waals surface area contributed by atoms with Crippen LogP contribution in [0.5, 0.6) is 5.75 Å². The lowest BCUT2D eigenvalue weighted by atomic mass is 9.88. The fourth-order valence-electron chi connectivity index (χ4n) is 4.36. The summed E-state index contributed by atoms with van der Waals surface area (Å²) in [6.07, 6.45) is 9.20. The summed E-state index contributed by atoms with van der Waals surface area (Å²) < 4.78 is 5.18. The number of carbonyl (C=O) groups excluding carboxylic acids is 1. The molecule has 27 heavy (non-hydrogen) atoms. The first-order valence-electron chi connectivity index (χ1n) is 10.5. The number of nitrogens with zero attached hydrogens (tertiary/aromatic N) is 2. The number of rotatable bonds is 6. The summed E-state index contributed by atoms with van der Waals surface area (Å²) in [7, 11) is 3.52. The van der Waals surface area contributed by atoms with Gasteiger partial charge in [0.2, 0.25) is 0 Å². The van der Waals surface area contributed by atoms with Crippen LogP contribution < -0.4 is 10.1 Å². The molecule has 0 radical (unpaired) electrons. The summed E-state index contributed by atoms with van der Waals surface area (Å²) in [5, 5.41) is 3.22. The Bertz CT molecular complexity index is 576. The summed E-state index contributed by atoms with van der Waals surface area (Å²) in [5.74, 6) is 1.74. The molecule has 2 fully saturated rings. The highest BCUT2D eigenvalue weighted by Crippen LogP contribution is 2.25. The van der Waals surface area contributed by atoms with Gasteiger partial charge >= 0.3 is 6.03 Å². The third-order valence-electron chi connectivity index (χ3n) is 6.08. The van der Waals surface area contributed by atoms with Crippen molar-refractivity contribution in [1.29, 1.82) is 0 Å². The molecule has 2 amide bonds. The maximum absolute atomic E-state index is 12.5. The number of piperidine rings is 1. The molecule has 150 valence electrons. The molecule has 1 aromatic rings. The Morgan fingerprint density at radius 2 is 1.78 bits per heavy atom. The molecule has 1 aliphatic carbocycles. The minimum atomic E-state index is 0.0246. The van der Waals surface area contributed by atoms with E-state index in [9.17, 15) is 4.79 Å². The van der Waals surface area contributed by atoms with Gasteiger partial charge in [-0.05, 0) is 49.3 Å². The minimum absolute atomic E-state index is 0.0246. The number of likely N-dealkylation sites (tertiary alicyclic amines) is 1. The van der Waals surface area contributed by atoms with Crippen LogP contribution in [0.3, 0.4) is 0 Å². The fraction of sp³-hybridized carbons (Fsp3) is 0.682. The maximum atomic E-state index is 12.5. The van der Waals surface area contributed by atoms with Crippen LogP contribution in [0.25, 0.3) is 0 Å². The van der Waals surface area contributed by atoms with Crippen LogP contribution >= 0.6 is 0 Å². The second-order valence-corrected chi connectivity index (χ2v) is 8.23. The smallest absolute Gasteiger partial charge is 0.317 e. The number of hydrogen-bond acceptors (Lipinski definition) is 3.